The fourth-order valence-corrected chi connectivity index (χ4v) is 10.1. The first-order valence-corrected chi connectivity index (χ1v) is 19.4. The zero-order valence-electron chi connectivity index (χ0n) is 30.0. The van der Waals surface area contributed by atoms with E-state index in [0.29, 0.717) is 0 Å². The number of benzene rings is 8. The van der Waals surface area contributed by atoms with Crippen LogP contribution in [0.25, 0.3) is 97.9 Å². The van der Waals surface area contributed by atoms with Crippen LogP contribution in [0.3, 0.4) is 0 Å². The Hall–Kier alpha value is -6.42. The van der Waals surface area contributed by atoms with Gasteiger partial charge in [-0.05, 0) is 91.3 Å². The van der Waals surface area contributed by atoms with Crippen molar-refractivity contribution in [3.63, 3.8) is 0 Å². The van der Waals surface area contributed by atoms with Gasteiger partial charge in [-0.15, -0.1) is 11.3 Å². The van der Waals surface area contributed by atoms with Crippen molar-refractivity contribution in [2.75, 3.05) is 0 Å². The van der Waals surface area contributed by atoms with Gasteiger partial charge < -0.3 is 0 Å². The molecule has 8 aromatic carbocycles. The zero-order valence-corrected chi connectivity index (χ0v) is 30.8. The van der Waals surface area contributed by atoms with Gasteiger partial charge in [-0.25, -0.2) is 9.97 Å². The molecule has 0 unspecified atom stereocenters. The Kier molecular flexibility index (Phi) is 6.80. The van der Waals surface area contributed by atoms with Gasteiger partial charge in [-0.1, -0.05) is 147 Å². The smallest absolute Gasteiger partial charge is 0.161 e. The minimum absolute atomic E-state index is 0.167. The van der Waals surface area contributed by atoms with Crippen molar-refractivity contribution >= 4 is 53.1 Å². The van der Waals surface area contributed by atoms with Gasteiger partial charge >= 0.3 is 0 Å². The Balaban J connectivity index is 1.13. The third kappa shape index (κ3) is 4.65. The van der Waals surface area contributed by atoms with Gasteiger partial charge in [0.25, 0.3) is 0 Å². The molecule has 0 amide bonds. The Morgan fingerprint density at radius 1 is 0.426 bits per heavy atom. The summed E-state index contributed by atoms with van der Waals surface area (Å²) in [4.78, 5) is 10.7. The van der Waals surface area contributed by atoms with Gasteiger partial charge in [0, 0.05) is 42.3 Å². The van der Waals surface area contributed by atoms with E-state index in [9.17, 15) is 0 Å². The lowest BCUT2D eigenvalue weighted by Gasteiger charge is -2.25. The molecular weight excluding hydrogens is 673 g/mol. The monoisotopic (exact) mass is 706 g/mol. The van der Waals surface area contributed by atoms with Gasteiger partial charge in [0.15, 0.2) is 5.82 Å². The zero-order chi connectivity index (χ0) is 36.0. The van der Waals surface area contributed by atoms with Crippen molar-refractivity contribution in [3.8, 4) is 56.2 Å². The maximum atomic E-state index is 5.42. The second kappa shape index (κ2) is 11.8. The van der Waals surface area contributed by atoms with E-state index in [-0.39, 0.29) is 5.41 Å². The molecule has 0 N–H and O–H groups in total. The lowest BCUT2D eigenvalue weighted by Crippen LogP contribution is -2.16. The van der Waals surface area contributed by atoms with Gasteiger partial charge in [-0.3, -0.25) is 0 Å². The van der Waals surface area contributed by atoms with E-state index in [1.54, 1.807) is 0 Å². The number of rotatable bonds is 4. The molecule has 10 aromatic rings. The quantitative estimate of drug-likeness (QED) is 0.182. The van der Waals surface area contributed by atoms with Crippen LogP contribution in [-0.4, -0.2) is 9.97 Å². The van der Waals surface area contributed by atoms with Gasteiger partial charge in [0.05, 0.1) is 11.4 Å². The summed E-state index contributed by atoms with van der Waals surface area (Å²) in [5.74, 6) is 0.725. The van der Waals surface area contributed by atoms with Crippen LogP contribution < -0.4 is 0 Å². The van der Waals surface area contributed by atoms with E-state index in [4.69, 9.17) is 9.97 Å². The summed E-state index contributed by atoms with van der Waals surface area (Å²) >= 11 is 1.83. The lowest BCUT2D eigenvalue weighted by molar-refractivity contribution is 0.663. The number of thiophene rings is 1. The predicted molar refractivity (Wildman–Crippen MR) is 229 cm³/mol. The molecule has 1 aliphatic carbocycles. The third-order valence-electron chi connectivity index (χ3n) is 11.5. The molecule has 0 saturated carbocycles. The highest BCUT2D eigenvalue weighted by Crippen LogP contribution is 2.54. The Labute approximate surface area is 318 Å². The SMILES string of the molecule is CC1(C)c2cc3ccccc3cc2-c2cccc(-c3ccc(-c4nc(-c5ccccc5)cc(-c5cccc6sc7ccccc7c56)n4)c4ccccc34)c21. The molecule has 11 rings (SSSR count). The van der Waals surface area contributed by atoms with Crippen molar-refractivity contribution in [1.29, 1.82) is 0 Å². The van der Waals surface area contributed by atoms with Crippen LogP contribution in [0.2, 0.25) is 0 Å². The van der Waals surface area contributed by atoms with Crippen molar-refractivity contribution in [3.05, 3.63) is 181 Å². The topological polar surface area (TPSA) is 25.8 Å². The van der Waals surface area contributed by atoms with Gasteiger partial charge in [0.2, 0.25) is 0 Å². The molecule has 0 aliphatic heterocycles. The fraction of sp³-hybridized carbons (Fsp3) is 0.0588. The largest absolute Gasteiger partial charge is 0.228 e. The summed E-state index contributed by atoms with van der Waals surface area (Å²) in [5.41, 5.74) is 12.8. The summed E-state index contributed by atoms with van der Waals surface area (Å²) in [7, 11) is 0. The third-order valence-corrected chi connectivity index (χ3v) is 12.6. The summed E-state index contributed by atoms with van der Waals surface area (Å²) in [6, 6.07) is 61.6. The Morgan fingerprint density at radius 3 is 1.83 bits per heavy atom. The molecule has 0 fully saturated rings. The lowest BCUT2D eigenvalue weighted by atomic mass is 9.78. The van der Waals surface area contributed by atoms with Crippen LogP contribution in [0.5, 0.6) is 0 Å². The van der Waals surface area contributed by atoms with E-state index < -0.39 is 0 Å². The highest BCUT2D eigenvalue weighted by molar-refractivity contribution is 7.25. The van der Waals surface area contributed by atoms with Crippen molar-refractivity contribution < 1.29 is 0 Å². The van der Waals surface area contributed by atoms with Crippen LogP contribution in [0.4, 0.5) is 0 Å². The van der Waals surface area contributed by atoms with Gasteiger partial charge in [-0.2, -0.15) is 0 Å². The predicted octanol–water partition coefficient (Wildman–Crippen LogP) is 14.1. The summed E-state index contributed by atoms with van der Waals surface area (Å²) in [5, 5.41) is 7.41. The minimum Gasteiger partial charge on any atom is -0.228 e. The first kappa shape index (κ1) is 31.1. The molecule has 0 bridgehead atoms. The second-order valence-electron chi connectivity index (χ2n) is 14.9. The molecular formula is C51H34N2S. The Morgan fingerprint density at radius 2 is 1.02 bits per heavy atom. The molecule has 2 heterocycles. The number of fused-ring (bicyclic) bond motifs is 8. The molecule has 0 atom stereocenters. The average Bonchev–Trinajstić information content (AvgIpc) is 3.71. The molecule has 0 spiro atoms. The second-order valence-corrected chi connectivity index (χ2v) is 16.0. The number of aromatic nitrogens is 2. The first-order chi connectivity index (χ1) is 26.5. The highest BCUT2D eigenvalue weighted by atomic mass is 32.1. The van der Waals surface area contributed by atoms with Crippen molar-refractivity contribution in [2.24, 2.45) is 0 Å². The minimum atomic E-state index is -0.167. The van der Waals surface area contributed by atoms with Crippen LogP contribution in [0.1, 0.15) is 25.0 Å². The average molecular weight is 707 g/mol. The van der Waals surface area contributed by atoms with E-state index in [0.717, 1.165) is 39.3 Å². The van der Waals surface area contributed by atoms with Crippen LogP contribution in [0.15, 0.2) is 170 Å². The van der Waals surface area contributed by atoms with Crippen LogP contribution in [-0.2, 0) is 5.41 Å². The van der Waals surface area contributed by atoms with Crippen LogP contribution >= 0.6 is 11.3 Å². The maximum Gasteiger partial charge on any atom is 0.161 e. The van der Waals surface area contributed by atoms with E-state index in [1.165, 1.54) is 69.7 Å². The van der Waals surface area contributed by atoms with E-state index in [1.807, 2.05) is 11.3 Å². The molecule has 3 heteroatoms. The molecule has 54 heavy (non-hydrogen) atoms. The highest BCUT2D eigenvalue weighted by Gasteiger charge is 2.38. The molecule has 2 aromatic heterocycles. The molecule has 0 radical (unpaired) electrons. The standard InChI is InChI=1S/C51H34N2S/c1-51(2)43-29-33-17-7-6-16-32(33)28-42(43)38-22-12-21-37(49(38)51)36-26-27-39(35-19-9-8-18-34(35)36)50-52-44(31-14-4-3-5-15-31)30-45(53-50)40-23-13-25-47-48(40)41-20-10-11-24-46(41)54-47/h3-30H,1-2H3. The number of nitrogens with zero attached hydrogens (tertiary/aromatic N) is 2. The molecule has 254 valence electrons. The Bertz CT molecular complexity index is 3130. The van der Waals surface area contributed by atoms with Crippen molar-refractivity contribution in [1.82, 2.24) is 9.97 Å². The molecule has 0 saturated heterocycles. The van der Waals surface area contributed by atoms with Crippen molar-refractivity contribution in [2.45, 2.75) is 19.3 Å². The number of hydrogen-bond donors (Lipinski definition) is 0. The van der Waals surface area contributed by atoms with Crippen LogP contribution in [0, 0.1) is 0 Å². The van der Waals surface area contributed by atoms with E-state index in [2.05, 4.69) is 184 Å². The fourth-order valence-electron chi connectivity index (χ4n) is 8.97. The summed E-state index contributed by atoms with van der Waals surface area (Å²) < 4.78 is 2.55. The number of hydrogen-bond acceptors (Lipinski definition) is 3. The molecule has 2 nitrogen and oxygen atoms in total. The maximum absolute atomic E-state index is 5.42. The van der Waals surface area contributed by atoms with E-state index >= 15 is 0 Å². The normalized spacial score (nSPS) is 13.1. The summed E-state index contributed by atoms with van der Waals surface area (Å²) in [6.45, 7) is 4.77. The summed E-state index contributed by atoms with van der Waals surface area (Å²) in [6.07, 6.45) is 0. The molecule has 1 aliphatic rings. The first-order valence-electron chi connectivity index (χ1n) is 18.6. The van der Waals surface area contributed by atoms with Gasteiger partial charge in [0.1, 0.15) is 0 Å².